The Bertz CT molecular complexity index is 1160. The van der Waals surface area contributed by atoms with Crippen molar-refractivity contribution in [2.24, 2.45) is 5.92 Å². The van der Waals surface area contributed by atoms with Gasteiger partial charge in [0.05, 0.1) is 18.1 Å². The van der Waals surface area contributed by atoms with E-state index in [4.69, 9.17) is 14.2 Å². The number of aryl methyl sites for hydroxylation is 1. The van der Waals surface area contributed by atoms with Crippen molar-refractivity contribution in [3.05, 3.63) is 16.8 Å². The lowest BCUT2D eigenvalue weighted by Crippen LogP contribution is -2.42. The van der Waals surface area contributed by atoms with Crippen molar-refractivity contribution in [3.63, 3.8) is 0 Å². The molecule has 200 valence electrons. The predicted molar refractivity (Wildman–Crippen MR) is 139 cm³/mol. The molecule has 1 fully saturated rings. The summed E-state index contributed by atoms with van der Waals surface area (Å²) in [4.78, 5) is 35.4. The molecular weight excluding hydrogens is 492 g/mol. The monoisotopic (exact) mass is 528 g/mol. The first-order chi connectivity index (χ1) is 17.7. The molecule has 0 saturated heterocycles. The highest BCUT2D eigenvalue weighted by Crippen LogP contribution is 2.48. The van der Waals surface area contributed by atoms with E-state index >= 15 is 0 Å². The first-order valence-corrected chi connectivity index (χ1v) is 14.0. The number of alkyl carbamates (subject to hydrolysis) is 1. The van der Waals surface area contributed by atoms with Crippen LogP contribution < -0.4 is 10.1 Å². The number of aromatic nitrogens is 2. The third-order valence-corrected chi connectivity index (χ3v) is 8.07. The first-order valence-electron chi connectivity index (χ1n) is 13.2. The van der Waals surface area contributed by atoms with Crippen LogP contribution in [0.25, 0.3) is 10.2 Å². The van der Waals surface area contributed by atoms with E-state index in [-0.39, 0.29) is 30.8 Å². The van der Waals surface area contributed by atoms with E-state index in [0.29, 0.717) is 12.3 Å². The normalized spacial score (nSPS) is 22.1. The van der Waals surface area contributed by atoms with E-state index < -0.39 is 17.5 Å². The quantitative estimate of drug-likeness (QED) is 0.451. The van der Waals surface area contributed by atoms with E-state index in [1.54, 1.807) is 24.6 Å². The number of rotatable bonds is 8. The second-order valence-corrected chi connectivity index (χ2v) is 11.9. The molecule has 2 atom stereocenters. The van der Waals surface area contributed by atoms with Crippen LogP contribution in [0.3, 0.4) is 0 Å². The largest absolute Gasteiger partial charge is 0.474 e. The Hall–Kier alpha value is -2.93. The highest BCUT2D eigenvalue weighted by Gasteiger charge is 2.33. The third-order valence-electron chi connectivity index (χ3n) is 6.90. The molecule has 2 unspecified atom stereocenters. The maximum absolute atomic E-state index is 12.1. The zero-order valence-corrected chi connectivity index (χ0v) is 22.9. The van der Waals surface area contributed by atoms with Gasteiger partial charge in [0, 0.05) is 10.9 Å². The molecule has 2 aromatic rings. The van der Waals surface area contributed by atoms with E-state index in [2.05, 4.69) is 21.4 Å². The van der Waals surface area contributed by atoms with Crippen molar-refractivity contribution in [2.45, 2.75) is 103 Å². The summed E-state index contributed by atoms with van der Waals surface area (Å²) in [6, 6.07) is 2.17. The molecule has 0 radical (unpaired) electrons. The summed E-state index contributed by atoms with van der Waals surface area (Å²) < 4.78 is 16.9. The van der Waals surface area contributed by atoms with Crippen molar-refractivity contribution in [1.29, 1.82) is 5.26 Å². The molecule has 37 heavy (non-hydrogen) atoms. The fraction of sp³-hybridized carbons (Fsp3) is 0.667. The number of nitrogens with zero attached hydrogens (tertiary/aromatic N) is 3. The Labute approximate surface area is 221 Å². The summed E-state index contributed by atoms with van der Waals surface area (Å²) in [5.41, 5.74) is 0.701. The number of amides is 1. The highest BCUT2D eigenvalue weighted by atomic mass is 32.1. The summed E-state index contributed by atoms with van der Waals surface area (Å²) in [5, 5.41) is 13.4. The number of esters is 1. The summed E-state index contributed by atoms with van der Waals surface area (Å²) in [6.07, 6.45) is 7.56. The van der Waals surface area contributed by atoms with E-state index in [1.807, 2.05) is 20.8 Å². The summed E-state index contributed by atoms with van der Waals surface area (Å²) in [7, 11) is 0. The lowest BCUT2D eigenvalue weighted by molar-refractivity contribution is -0.146. The fourth-order valence-electron chi connectivity index (χ4n) is 5.22. The van der Waals surface area contributed by atoms with Crippen LogP contribution in [0.5, 0.6) is 5.88 Å². The van der Waals surface area contributed by atoms with Crippen LogP contribution in [0, 0.1) is 17.2 Å². The Kier molecular flexibility index (Phi) is 8.53. The highest BCUT2D eigenvalue weighted by molar-refractivity contribution is 7.19. The molecule has 1 saturated carbocycles. The zero-order chi connectivity index (χ0) is 26.6. The maximum Gasteiger partial charge on any atom is 0.407 e. The van der Waals surface area contributed by atoms with Gasteiger partial charge in [0.25, 0.3) is 0 Å². The molecule has 0 aliphatic heterocycles. The molecule has 0 aromatic carbocycles. The number of fused-ring (bicyclic) bond motifs is 3. The number of carbonyl (C=O) groups excluding carboxylic acids is 2. The topological polar surface area (TPSA) is 123 Å². The van der Waals surface area contributed by atoms with Crippen molar-refractivity contribution in [2.75, 3.05) is 6.61 Å². The molecule has 1 amide bonds. The maximum atomic E-state index is 12.1. The van der Waals surface area contributed by atoms with Crippen molar-refractivity contribution in [1.82, 2.24) is 15.3 Å². The first kappa shape index (κ1) is 27.1. The van der Waals surface area contributed by atoms with Crippen LogP contribution in [-0.2, 0) is 20.7 Å². The number of nitrogens with one attached hydrogen (secondary N) is 1. The lowest BCUT2D eigenvalue weighted by atomic mass is 9.91. The summed E-state index contributed by atoms with van der Waals surface area (Å²) >= 11 is 1.68. The molecule has 4 rings (SSSR count). The van der Waals surface area contributed by atoms with Gasteiger partial charge in [-0.3, -0.25) is 4.79 Å². The average Bonchev–Trinajstić information content (AvgIpc) is 3.39. The van der Waals surface area contributed by atoms with E-state index in [9.17, 15) is 14.9 Å². The second-order valence-electron chi connectivity index (χ2n) is 10.8. The van der Waals surface area contributed by atoms with Gasteiger partial charge < -0.3 is 19.5 Å². The molecule has 1 N–H and O–H groups in total. The van der Waals surface area contributed by atoms with E-state index in [1.165, 1.54) is 10.4 Å². The number of hydrogen-bond donors (Lipinski definition) is 1. The predicted octanol–water partition coefficient (Wildman–Crippen LogP) is 5.42. The number of hydrogen-bond acceptors (Lipinski definition) is 9. The van der Waals surface area contributed by atoms with Crippen LogP contribution in [0.15, 0.2) is 6.33 Å². The number of ether oxygens (including phenoxy) is 3. The minimum atomic E-state index is -0.745. The smallest absolute Gasteiger partial charge is 0.407 e. The van der Waals surface area contributed by atoms with Gasteiger partial charge in [0.2, 0.25) is 5.88 Å². The zero-order valence-electron chi connectivity index (χ0n) is 22.0. The minimum absolute atomic E-state index is 0.0111. The number of thiophene rings is 1. The van der Waals surface area contributed by atoms with Gasteiger partial charge in [-0.15, -0.1) is 11.3 Å². The number of carbonyl (C=O) groups is 2. The molecule has 0 bridgehead atoms. The van der Waals surface area contributed by atoms with Gasteiger partial charge >= 0.3 is 12.1 Å². The van der Waals surface area contributed by atoms with Crippen LogP contribution in [-0.4, -0.2) is 46.4 Å². The Morgan fingerprint density at radius 3 is 2.65 bits per heavy atom. The van der Waals surface area contributed by atoms with Crippen molar-refractivity contribution < 1.29 is 23.8 Å². The van der Waals surface area contributed by atoms with E-state index in [0.717, 1.165) is 55.2 Å². The molecular formula is C27H36N4O5S. The van der Waals surface area contributed by atoms with Crippen LogP contribution in [0.1, 0.15) is 89.0 Å². The van der Waals surface area contributed by atoms with Gasteiger partial charge in [0.15, 0.2) is 0 Å². The average molecular weight is 529 g/mol. The van der Waals surface area contributed by atoms with Gasteiger partial charge in [-0.25, -0.2) is 14.8 Å². The van der Waals surface area contributed by atoms with Gasteiger partial charge in [-0.1, -0.05) is 0 Å². The fourth-order valence-corrected chi connectivity index (χ4v) is 6.45. The standard InChI is InChI=1S/C27H36N4O5S/c1-5-34-25(32)17(14-28)7-6-16-8-13-20-21(16)22-23(29-15-30-24(22)37-20)35-19-11-9-18(10-12-19)31-26(33)36-27(2,3)4/h15-19H,5-13H2,1-4H3,(H,31,33). The Balaban J connectivity index is 1.41. The van der Waals surface area contributed by atoms with Crippen LogP contribution in [0.4, 0.5) is 4.79 Å². The summed E-state index contributed by atoms with van der Waals surface area (Å²) in [5.74, 6) is -0.343. The molecule has 2 aliphatic rings. The molecule has 2 aliphatic carbocycles. The third kappa shape index (κ3) is 6.69. The van der Waals surface area contributed by atoms with Gasteiger partial charge in [-0.2, -0.15) is 5.26 Å². The second kappa shape index (κ2) is 11.6. The number of nitriles is 1. The molecule has 0 spiro atoms. The van der Waals surface area contributed by atoms with Crippen molar-refractivity contribution in [3.8, 4) is 11.9 Å². The van der Waals surface area contributed by atoms with Crippen LogP contribution >= 0.6 is 11.3 Å². The Morgan fingerprint density at radius 2 is 1.97 bits per heavy atom. The molecule has 2 aromatic heterocycles. The van der Waals surface area contributed by atoms with Crippen molar-refractivity contribution >= 4 is 33.6 Å². The minimum Gasteiger partial charge on any atom is -0.474 e. The van der Waals surface area contributed by atoms with Gasteiger partial charge in [0.1, 0.15) is 28.8 Å². The summed E-state index contributed by atoms with van der Waals surface area (Å²) in [6.45, 7) is 7.59. The molecule has 9 nitrogen and oxygen atoms in total. The van der Waals surface area contributed by atoms with Gasteiger partial charge in [-0.05, 0) is 90.5 Å². The van der Waals surface area contributed by atoms with Crippen LogP contribution in [0.2, 0.25) is 0 Å². The SMILES string of the molecule is CCOC(=O)C(C#N)CCC1CCc2sc3ncnc(OC4CCC(NC(=O)OC(C)(C)C)CC4)c3c21. The lowest BCUT2D eigenvalue weighted by Gasteiger charge is -2.30. The molecule has 10 heteroatoms. The molecule has 2 heterocycles. The Morgan fingerprint density at radius 1 is 1.22 bits per heavy atom.